The summed E-state index contributed by atoms with van der Waals surface area (Å²) >= 11 is 7.85. The van der Waals surface area contributed by atoms with Gasteiger partial charge in [-0.2, -0.15) is 5.10 Å². The van der Waals surface area contributed by atoms with Crippen molar-refractivity contribution in [2.75, 3.05) is 11.3 Å². The molecule has 0 aliphatic rings. The second-order valence-corrected chi connectivity index (χ2v) is 7.24. The van der Waals surface area contributed by atoms with Crippen LogP contribution in [-0.2, 0) is 16.6 Å². The number of hydrogen-bond acceptors (Lipinski definition) is 4. The second-order valence-electron chi connectivity index (χ2n) is 3.96. The van der Waals surface area contributed by atoms with Crippen molar-refractivity contribution in [3.8, 4) is 0 Å². The molecule has 0 radical (unpaired) electrons. The number of sulfonamides is 1. The highest BCUT2D eigenvalue weighted by molar-refractivity contribution is 14.1. The highest BCUT2D eigenvalue weighted by atomic mass is 127. The Morgan fingerprint density at radius 1 is 1.45 bits per heavy atom. The van der Waals surface area contributed by atoms with Crippen LogP contribution in [0.1, 0.15) is 0 Å². The summed E-state index contributed by atoms with van der Waals surface area (Å²) in [6.07, 6.45) is 2.73. The minimum Gasteiger partial charge on any atom is -0.329 e. The molecule has 108 valence electrons. The van der Waals surface area contributed by atoms with Crippen LogP contribution in [0.15, 0.2) is 35.5 Å². The molecular formula is C11H12ClIN4O2S. The molecule has 0 bridgehead atoms. The van der Waals surface area contributed by atoms with Gasteiger partial charge in [-0.05, 0) is 40.8 Å². The predicted octanol–water partition coefficient (Wildman–Crippen LogP) is 1.90. The third-order valence-electron chi connectivity index (χ3n) is 2.45. The van der Waals surface area contributed by atoms with E-state index in [1.54, 1.807) is 18.2 Å². The van der Waals surface area contributed by atoms with Crippen molar-refractivity contribution in [3.63, 3.8) is 0 Å². The smallest absolute Gasteiger partial charge is 0.265 e. The van der Waals surface area contributed by atoms with Crippen LogP contribution in [0.25, 0.3) is 0 Å². The molecule has 0 aliphatic carbocycles. The lowest BCUT2D eigenvalue weighted by molar-refractivity contribution is 0.599. The fourth-order valence-electron chi connectivity index (χ4n) is 1.51. The summed E-state index contributed by atoms with van der Waals surface area (Å²) in [7, 11) is -3.67. The Hall–Kier alpha value is -0.840. The van der Waals surface area contributed by atoms with Gasteiger partial charge in [0.15, 0.2) is 0 Å². The van der Waals surface area contributed by atoms with Gasteiger partial charge in [0.25, 0.3) is 10.0 Å². The van der Waals surface area contributed by atoms with E-state index in [0.29, 0.717) is 27.4 Å². The lowest BCUT2D eigenvalue weighted by Crippen LogP contribution is -2.13. The normalized spacial score (nSPS) is 11.6. The van der Waals surface area contributed by atoms with E-state index < -0.39 is 10.0 Å². The van der Waals surface area contributed by atoms with Gasteiger partial charge in [-0.15, -0.1) is 0 Å². The van der Waals surface area contributed by atoms with Crippen molar-refractivity contribution >= 4 is 49.9 Å². The molecule has 6 nitrogen and oxygen atoms in total. The molecule has 0 saturated carbocycles. The second kappa shape index (κ2) is 6.29. The number of nitrogens with two attached hydrogens (primary N) is 1. The molecule has 0 atom stereocenters. The number of nitrogens with zero attached hydrogens (tertiary/aromatic N) is 2. The van der Waals surface area contributed by atoms with Gasteiger partial charge in [0.05, 0.1) is 18.4 Å². The summed E-state index contributed by atoms with van der Waals surface area (Å²) < 4.78 is 29.2. The standard InChI is InChI=1S/C11H12ClIN4O2S/c12-8-1-2-11(10(13)5-8)16-20(18,19)9-6-15-17(7-9)4-3-14/h1-2,5-7,16H,3-4,14H2. The number of rotatable bonds is 5. The zero-order valence-electron chi connectivity index (χ0n) is 10.3. The summed E-state index contributed by atoms with van der Waals surface area (Å²) in [5.74, 6) is 0. The summed E-state index contributed by atoms with van der Waals surface area (Å²) in [6, 6.07) is 4.92. The average molecular weight is 427 g/mol. The van der Waals surface area contributed by atoms with Crippen LogP contribution in [0.5, 0.6) is 0 Å². The van der Waals surface area contributed by atoms with E-state index in [9.17, 15) is 8.42 Å². The van der Waals surface area contributed by atoms with E-state index in [-0.39, 0.29) is 4.90 Å². The van der Waals surface area contributed by atoms with Crippen LogP contribution >= 0.6 is 34.2 Å². The van der Waals surface area contributed by atoms with Crippen molar-refractivity contribution in [1.82, 2.24) is 9.78 Å². The van der Waals surface area contributed by atoms with E-state index in [1.807, 2.05) is 22.6 Å². The van der Waals surface area contributed by atoms with Crippen LogP contribution in [0, 0.1) is 3.57 Å². The summed E-state index contributed by atoms with van der Waals surface area (Å²) in [4.78, 5) is 0.0942. The van der Waals surface area contributed by atoms with Crippen molar-refractivity contribution < 1.29 is 8.42 Å². The first-order valence-electron chi connectivity index (χ1n) is 5.63. The Kier molecular flexibility index (Phi) is 4.89. The maximum atomic E-state index is 12.2. The number of nitrogens with one attached hydrogen (secondary N) is 1. The van der Waals surface area contributed by atoms with Gasteiger partial charge < -0.3 is 5.73 Å². The zero-order valence-corrected chi connectivity index (χ0v) is 14.0. The molecule has 1 aromatic heterocycles. The molecule has 20 heavy (non-hydrogen) atoms. The Morgan fingerprint density at radius 3 is 2.85 bits per heavy atom. The predicted molar refractivity (Wildman–Crippen MR) is 86.3 cm³/mol. The van der Waals surface area contributed by atoms with Crippen LogP contribution in [0.3, 0.4) is 0 Å². The van der Waals surface area contributed by atoms with Crippen molar-refractivity contribution in [2.45, 2.75) is 11.4 Å². The number of anilines is 1. The van der Waals surface area contributed by atoms with Crippen LogP contribution in [0.2, 0.25) is 5.02 Å². The average Bonchev–Trinajstić information content (AvgIpc) is 2.83. The Morgan fingerprint density at radius 2 is 2.20 bits per heavy atom. The molecule has 0 unspecified atom stereocenters. The topological polar surface area (TPSA) is 90.0 Å². The molecule has 1 aromatic carbocycles. The van der Waals surface area contributed by atoms with Gasteiger partial charge in [0.2, 0.25) is 0 Å². The number of hydrogen-bond donors (Lipinski definition) is 2. The zero-order chi connectivity index (χ0) is 14.8. The van der Waals surface area contributed by atoms with Crippen LogP contribution in [0.4, 0.5) is 5.69 Å². The summed E-state index contributed by atoms with van der Waals surface area (Å²) in [5.41, 5.74) is 5.87. The molecule has 0 fully saturated rings. The lowest BCUT2D eigenvalue weighted by Gasteiger charge is -2.08. The minimum absolute atomic E-state index is 0.0942. The highest BCUT2D eigenvalue weighted by Gasteiger charge is 2.17. The molecule has 3 N–H and O–H groups in total. The fourth-order valence-corrected chi connectivity index (χ4v) is 3.73. The first-order valence-corrected chi connectivity index (χ1v) is 8.57. The highest BCUT2D eigenvalue weighted by Crippen LogP contribution is 2.24. The van der Waals surface area contributed by atoms with E-state index >= 15 is 0 Å². The van der Waals surface area contributed by atoms with Crippen molar-refractivity contribution in [3.05, 3.63) is 39.2 Å². The van der Waals surface area contributed by atoms with Gasteiger partial charge in [-0.1, -0.05) is 11.6 Å². The van der Waals surface area contributed by atoms with Crippen LogP contribution < -0.4 is 10.5 Å². The largest absolute Gasteiger partial charge is 0.329 e. The van der Waals surface area contributed by atoms with Gasteiger partial charge in [-0.3, -0.25) is 9.40 Å². The quantitative estimate of drug-likeness (QED) is 0.715. The summed E-state index contributed by atoms with van der Waals surface area (Å²) in [5, 5.41) is 4.49. The number of benzene rings is 1. The number of halogens is 2. The first kappa shape index (κ1) is 15.5. The molecule has 0 aliphatic heterocycles. The SMILES string of the molecule is NCCn1cc(S(=O)(=O)Nc2ccc(Cl)cc2I)cn1. The van der Waals surface area contributed by atoms with E-state index in [4.69, 9.17) is 17.3 Å². The molecule has 1 heterocycles. The van der Waals surface area contributed by atoms with Crippen molar-refractivity contribution in [2.24, 2.45) is 5.73 Å². The Labute approximate surface area is 135 Å². The molecule has 0 spiro atoms. The Balaban J connectivity index is 2.26. The van der Waals surface area contributed by atoms with E-state index in [1.165, 1.54) is 17.1 Å². The Bertz CT molecular complexity index is 717. The molecule has 2 aromatic rings. The minimum atomic E-state index is -3.67. The maximum absolute atomic E-state index is 12.2. The molecule has 0 saturated heterocycles. The van der Waals surface area contributed by atoms with E-state index in [2.05, 4.69) is 9.82 Å². The monoisotopic (exact) mass is 426 g/mol. The van der Waals surface area contributed by atoms with Gasteiger partial charge in [-0.25, -0.2) is 8.42 Å². The van der Waals surface area contributed by atoms with Crippen molar-refractivity contribution in [1.29, 1.82) is 0 Å². The van der Waals surface area contributed by atoms with Crippen LogP contribution in [-0.4, -0.2) is 24.7 Å². The molecular weight excluding hydrogens is 415 g/mol. The molecule has 9 heteroatoms. The maximum Gasteiger partial charge on any atom is 0.265 e. The first-order chi connectivity index (χ1) is 9.42. The third-order valence-corrected chi connectivity index (χ3v) is 4.90. The molecule has 2 rings (SSSR count). The van der Waals surface area contributed by atoms with E-state index in [0.717, 1.165) is 0 Å². The summed E-state index contributed by atoms with van der Waals surface area (Å²) in [6.45, 7) is 0.859. The van der Waals surface area contributed by atoms with Gasteiger partial charge >= 0.3 is 0 Å². The van der Waals surface area contributed by atoms with Gasteiger partial charge in [0, 0.05) is 21.3 Å². The fraction of sp³-hybridized carbons (Fsp3) is 0.182. The number of aromatic nitrogens is 2. The molecule has 0 amide bonds. The lowest BCUT2D eigenvalue weighted by atomic mass is 10.3. The van der Waals surface area contributed by atoms with Gasteiger partial charge in [0.1, 0.15) is 4.90 Å². The third kappa shape index (κ3) is 3.62.